The minimum absolute atomic E-state index is 0.0361. The zero-order valence-corrected chi connectivity index (χ0v) is 22.1. The highest BCUT2D eigenvalue weighted by Crippen LogP contribution is 2.46. The Balaban J connectivity index is 1.91. The second-order valence-electron chi connectivity index (χ2n) is 9.41. The molecule has 37 heavy (non-hydrogen) atoms. The van der Waals surface area contributed by atoms with Gasteiger partial charge in [-0.1, -0.05) is 30.3 Å². The highest BCUT2D eigenvalue weighted by Gasteiger charge is 2.53. The SMILES string of the molecule is COC(=O)[C@H]1S[C@@H](C(=O)OC(C)(C)C)N(C(=O)CNC(=O)Nc2cccc(C)c2)[C@H]1c1ccccc1F. The number of ether oxygens (including phenoxy) is 2. The number of hydrogen-bond donors (Lipinski definition) is 2. The van der Waals surface area contributed by atoms with Gasteiger partial charge in [-0.15, -0.1) is 11.8 Å². The number of methoxy groups -OCH3 is 1. The van der Waals surface area contributed by atoms with Gasteiger partial charge in [-0.25, -0.2) is 14.0 Å². The van der Waals surface area contributed by atoms with Crippen LogP contribution in [0.2, 0.25) is 0 Å². The largest absolute Gasteiger partial charge is 0.468 e. The van der Waals surface area contributed by atoms with E-state index in [1.165, 1.54) is 25.3 Å². The zero-order valence-electron chi connectivity index (χ0n) is 21.2. The van der Waals surface area contributed by atoms with Crippen LogP contribution in [0.15, 0.2) is 48.5 Å². The Bertz CT molecular complexity index is 1180. The smallest absolute Gasteiger partial charge is 0.340 e. The number of amides is 3. The molecule has 0 radical (unpaired) electrons. The molecule has 2 N–H and O–H groups in total. The van der Waals surface area contributed by atoms with E-state index < -0.39 is 58.5 Å². The first-order valence-corrected chi connectivity index (χ1v) is 12.5. The van der Waals surface area contributed by atoms with Crippen molar-refractivity contribution in [1.29, 1.82) is 0 Å². The third kappa shape index (κ3) is 7.00. The molecular formula is C26H30FN3O6S. The number of rotatable bonds is 6. The van der Waals surface area contributed by atoms with Crippen molar-refractivity contribution in [3.05, 3.63) is 65.5 Å². The molecule has 1 heterocycles. The molecule has 0 unspecified atom stereocenters. The Hall–Kier alpha value is -3.60. The van der Waals surface area contributed by atoms with Gasteiger partial charge in [0.15, 0.2) is 5.37 Å². The Kier molecular flexibility index (Phi) is 8.80. The number of urea groups is 1. The number of esters is 2. The lowest BCUT2D eigenvalue weighted by Gasteiger charge is -2.31. The molecule has 0 spiro atoms. The van der Waals surface area contributed by atoms with Crippen molar-refractivity contribution in [1.82, 2.24) is 10.2 Å². The maximum Gasteiger partial charge on any atom is 0.340 e. The van der Waals surface area contributed by atoms with Crippen molar-refractivity contribution in [3.63, 3.8) is 0 Å². The molecule has 0 bridgehead atoms. The number of nitrogens with zero attached hydrogens (tertiary/aromatic N) is 1. The van der Waals surface area contributed by atoms with E-state index in [1.54, 1.807) is 45.0 Å². The zero-order chi connectivity index (χ0) is 27.3. The van der Waals surface area contributed by atoms with Gasteiger partial charge in [0.25, 0.3) is 0 Å². The number of nitrogens with one attached hydrogen (secondary N) is 2. The number of thioether (sulfide) groups is 1. The van der Waals surface area contributed by atoms with Crippen LogP contribution in [-0.2, 0) is 23.9 Å². The van der Waals surface area contributed by atoms with E-state index >= 15 is 0 Å². The molecule has 2 aromatic carbocycles. The van der Waals surface area contributed by atoms with Crippen LogP contribution in [0.3, 0.4) is 0 Å². The van der Waals surface area contributed by atoms with Crippen molar-refractivity contribution in [2.75, 3.05) is 19.0 Å². The Labute approximate surface area is 219 Å². The highest BCUT2D eigenvalue weighted by molar-refractivity contribution is 8.02. The summed E-state index contributed by atoms with van der Waals surface area (Å²) in [6.07, 6.45) is 0. The predicted molar refractivity (Wildman–Crippen MR) is 137 cm³/mol. The first-order chi connectivity index (χ1) is 17.4. The lowest BCUT2D eigenvalue weighted by molar-refractivity contribution is -0.161. The second-order valence-corrected chi connectivity index (χ2v) is 10.6. The van der Waals surface area contributed by atoms with E-state index in [2.05, 4.69) is 10.6 Å². The van der Waals surface area contributed by atoms with Gasteiger partial charge in [0.2, 0.25) is 5.91 Å². The molecule has 0 aliphatic carbocycles. The third-order valence-electron chi connectivity index (χ3n) is 5.34. The van der Waals surface area contributed by atoms with E-state index in [9.17, 15) is 23.6 Å². The van der Waals surface area contributed by atoms with Gasteiger partial charge in [-0.3, -0.25) is 9.59 Å². The number of aryl methyl sites for hydroxylation is 1. The summed E-state index contributed by atoms with van der Waals surface area (Å²) in [5.74, 6) is -2.87. The van der Waals surface area contributed by atoms with Gasteiger partial charge >= 0.3 is 18.0 Å². The molecule has 1 aliphatic rings. The monoisotopic (exact) mass is 531 g/mol. The van der Waals surface area contributed by atoms with E-state index in [-0.39, 0.29) is 5.56 Å². The standard InChI is InChI=1S/C26H30FN3O6S/c1-15-9-8-10-16(13-15)29-25(34)28-14-19(31)30-20(17-11-6-7-12-18(17)27)21(23(32)35-5)37-22(30)24(33)36-26(2,3)4/h6-13,20-22H,14H2,1-5H3,(H2,28,29,34)/t20-,21-,22-/m0/s1. The van der Waals surface area contributed by atoms with Crippen LogP contribution < -0.4 is 10.6 Å². The first kappa shape index (κ1) is 28.0. The van der Waals surface area contributed by atoms with Crippen LogP contribution in [0.25, 0.3) is 0 Å². The van der Waals surface area contributed by atoms with Crippen LogP contribution in [-0.4, -0.2) is 58.7 Å². The van der Waals surface area contributed by atoms with E-state index in [0.29, 0.717) is 5.69 Å². The topological polar surface area (TPSA) is 114 Å². The average molecular weight is 532 g/mol. The maximum atomic E-state index is 14.9. The molecular weight excluding hydrogens is 501 g/mol. The summed E-state index contributed by atoms with van der Waals surface area (Å²) >= 11 is 0.840. The molecule has 3 amide bonds. The molecule has 11 heteroatoms. The average Bonchev–Trinajstić information content (AvgIpc) is 3.22. The lowest BCUT2D eigenvalue weighted by Crippen LogP contribution is -2.48. The first-order valence-electron chi connectivity index (χ1n) is 11.5. The van der Waals surface area contributed by atoms with Gasteiger partial charge in [-0.05, 0) is 51.5 Å². The summed E-state index contributed by atoms with van der Waals surface area (Å²) in [6, 6.07) is 10.9. The van der Waals surface area contributed by atoms with Gasteiger partial charge < -0.3 is 25.0 Å². The fraction of sp³-hybridized carbons (Fsp3) is 0.385. The summed E-state index contributed by atoms with van der Waals surface area (Å²) in [7, 11) is 1.17. The Morgan fingerprint density at radius 3 is 2.38 bits per heavy atom. The van der Waals surface area contributed by atoms with Crippen molar-refractivity contribution in [2.24, 2.45) is 0 Å². The fourth-order valence-corrected chi connectivity index (χ4v) is 5.30. The number of carbonyl (C=O) groups is 4. The maximum absolute atomic E-state index is 14.9. The van der Waals surface area contributed by atoms with Gasteiger partial charge in [0.1, 0.15) is 16.7 Å². The molecule has 3 atom stereocenters. The molecule has 0 aromatic heterocycles. The van der Waals surface area contributed by atoms with Crippen LogP contribution >= 0.6 is 11.8 Å². The van der Waals surface area contributed by atoms with Crippen LogP contribution in [0.4, 0.5) is 14.9 Å². The number of hydrogen-bond acceptors (Lipinski definition) is 7. The number of benzene rings is 2. The van der Waals surface area contributed by atoms with Crippen molar-refractivity contribution in [3.8, 4) is 0 Å². The normalized spacial score (nSPS) is 19.2. The molecule has 9 nitrogen and oxygen atoms in total. The van der Waals surface area contributed by atoms with E-state index in [1.807, 2.05) is 13.0 Å². The second kappa shape index (κ2) is 11.6. The van der Waals surface area contributed by atoms with Crippen molar-refractivity contribution < 1.29 is 33.0 Å². The van der Waals surface area contributed by atoms with Crippen LogP contribution in [0.5, 0.6) is 0 Å². The molecule has 2 aromatic rings. The van der Waals surface area contributed by atoms with Crippen molar-refractivity contribution in [2.45, 2.75) is 50.0 Å². The predicted octanol–water partition coefficient (Wildman–Crippen LogP) is 3.78. The minimum Gasteiger partial charge on any atom is -0.468 e. The van der Waals surface area contributed by atoms with Gasteiger partial charge in [0.05, 0.1) is 19.7 Å². The number of anilines is 1. The van der Waals surface area contributed by atoms with Crippen LogP contribution in [0, 0.1) is 12.7 Å². The highest BCUT2D eigenvalue weighted by atomic mass is 32.2. The number of carbonyl (C=O) groups excluding carboxylic acids is 4. The van der Waals surface area contributed by atoms with Gasteiger partial charge in [0, 0.05) is 11.3 Å². The van der Waals surface area contributed by atoms with E-state index in [4.69, 9.17) is 9.47 Å². The molecule has 1 aliphatic heterocycles. The Morgan fingerprint density at radius 1 is 1.05 bits per heavy atom. The Morgan fingerprint density at radius 2 is 1.76 bits per heavy atom. The summed E-state index contributed by atoms with van der Waals surface area (Å²) in [6.45, 7) is 6.35. The van der Waals surface area contributed by atoms with Crippen molar-refractivity contribution >= 4 is 41.3 Å². The van der Waals surface area contributed by atoms with E-state index in [0.717, 1.165) is 22.2 Å². The molecule has 1 saturated heterocycles. The summed E-state index contributed by atoms with van der Waals surface area (Å²) < 4.78 is 25.3. The fourth-order valence-electron chi connectivity index (χ4n) is 3.85. The minimum atomic E-state index is -1.28. The lowest BCUT2D eigenvalue weighted by atomic mass is 10.0. The van der Waals surface area contributed by atoms with Crippen LogP contribution in [0.1, 0.15) is 37.9 Å². The summed E-state index contributed by atoms with van der Waals surface area (Å²) in [4.78, 5) is 52.8. The molecule has 1 fully saturated rings. The summed E-state index contributed by atoms with van der Waals surface area (Å²) in [5, 5.41) is 2.71. The molecule has 3 rings (SSSR count). The third-order valence-corrected chi connectivity index (χ3v) is 6.77. The molecule has 198 valence electrons. The molecule has 0 saturated carbocycles. The quantitative estimate of drug-likeness (QED) is 0.546. The number of halogens is 1. The summed E-state index contributed by atoms with van der Waals surface area (Å²) in [5.41, 5.74) is 0.622. The van der Waals surface area contributed by atoms with Gasteiger partial charge in [-0.2, -0.15) is 0 Å².